The van der Waals surface area contributed by atoms with Crippen molar-refractivity contribution in [2.24, 2.45) is 0 Å². The van der Waals surface area contributed by atoms with E-state index < -0.39 is 11.7 Å². The third-order valence-electron chi connectivity index (χ3n) is 3.70. The number of nitrogens with zero attached hydrogens (tertiary/aromatic N) is 7. The van der Waals surface area contributed by atoms with Gasteiger partial charge in [-0.15, -0.1) is 15.3 Å². The van der Waals surface area contributed by atoms with E-state index in [1.807, 2.05) is 0 Å². The van der Waals surface area contributed by atoms with E-state index in [1.165, 1.54) is 28.6 Å². The van der Waals surface area contributed by atoms with Crippen LogP contribution in [0.15, 0.2) is 41.7 Å². The van der Waals surface area contributed by atoms with E-state index in [4.69, 9.17) is 23.2 Å². The van der Waals surface area contributed by atoms with Gasteiger partial charge in [0.15, 0.2) is 16.6 Å². The van der Waals surface area contributed by atoms with E-state index in [-0.39, 0.29) is 0 Å². The van der Waals surface area contributed by atoms with Gasteiger partial charge in [-0.2, -0.15) is 17.9 Å². The fraction of sp³-hybridized carbons (Fsp3) is 0.133. The first-order valence-corrected chi connectivity index (χ1v) is 9.34. The van der Waals surface area contributed by atoms with E-state index in [9.17, 15) is 13.2 Å². The SMILES string of the molecule is FC(F)(F)c1ccc(-n2nnnc2CSc2nnc3c(Cl)cc(Cl)cn23)cc1. The Kier molecular flexibility index (Phi) is 4.89. The zero-order chi connectivity index (χ0) is 19.9. The zero-order valence-electron chi connectivity index (χ0n) is 13.6. The van der Waals surface area contributed by atoms with Crippen LogP contribution in [-0.4, -0.2) is 34.8 Å². The largest absolute Gasteiger partial charge is 0.416 e. The molecule has 0 amide bonds. The summed E-state index contributed by atoms with van der Waals surface area (Å²) in [6.07, 6.45) is -2.78. The average Bonchev–Trinajstić information content (AvgIpc) is 3.26. The number of thioether (sulfide) groups is 1. The molecule has 1 aromatic carbocycles. The number of pyridine rings is 1. The van der Waals surface area contributed by atoms with Crippen molar-refractivity contribution in [3.05, 3.63) is 58.0 Å². The van der Waals surface area contributed by atoms with Crippen molar-refractivity contribution in [1.82, 2.24) is 34.8 Å². The van der Waals surface area contributed by atoms with Crippen molar-refractivity contribution < 1.29 is 13.2 Å². The molecule has 0 bridgehead atoms. The van der Waals surface area contributed by atoms with Gasteiger partial charge in [-0.1, -0.05) is 35.0 Å². The van der Waals surface area contributed by atoms with Crippen LogP contribution >= 0.6 is 35.0 Å². The maximum atomic E-state index is 12.7. The Bertz CT molecular complexity index is 1140. The van der Waals surface area contributed by atoms with E-state index in [0.29, 0.717) is 38.1 Å². The maximum Gasteiger partial charge on any atom is 0.416 e. The van der Waals surface area contributed by atoms with Gasteiger partial charge in [0, 0.05) is 6.20 Å². The lowest BCUT2D eigenvalue weighted by Gasteiger charge is -2.08. The molecule has 28 heavy (non-hydrogen) atoms. The number of benzene rings is 1. The zero-order valence-corrected chi connectivity index (χ0v) is 15.9. The van der Waals surface area contributed by atoms with Crippen molar-refractivity contribution in [3.63, 3.8) is 0 Å². The van der Waals surface area contributed by atoms with Gasteiger partial charge in [0.25, 0.3) is 0 Å². The predicted octanol–water partition coefficient (Wildman–Crippen LogP) is 4.32. The topological polar surface area (TPSA) is 73.8 Å². The second-order valence-electron chi connectivity index (χ2n) is 5.52. The summed E-state index contributed by atoms with van der Waals surface area (Å²) < 4.78 is 41.2. The van der Waals surface area contributed by atoms with Gasteiger partial charge in [-0.3, -0.25) is 4.40 Å². The Balaban J connectivity index is 1.57. The van der Waals surface area contributed by atoms with Crippen LogP contribution < -0.4 is 0 Å². The molecule has 13 heteroatoms. The molecule has 0 spiro atoms. The monoisotopic (exact) mass is 445 g/mol. The first-order valence-electron chi connectivity index (χ1n) is 7.60. The van der Waals surface area contributed by atoms with Crippen molar-refractivity contribution >= 4 is 40.6 Å². The number of rotatable bonds is 4. The average molecular weight is 446 g/mol. The summed E-state index contributed by atoms with van der Waals surface area (Å²) in [6, 6.07) is 6.12. The summed E-state index contributed by atoms with van der Waals surface area (Å²) in [7, 11) is 0. The number of halogens is 5. The predicted molar refractivity (Wildman–Crippen MR) is 96.7 cm³/mol. The van der Waals surface area contributed by atoms with Crippen LogP contribution in [0.3, 0.4) is 0 Å². The highest BCUT2D eigenvalue weighted by atomic mass is 35.5. The Morgan fingerprint density at radius 2 is 1.79 bits per heavy atom. The van der Waals surface area contributed by atoms with Crippen molar-refractivity contribution in [2.75, 3.05) is 0 Å². The quantitative estimate of drug-likeness (QED) is 0.435. The van der Waals surface area contributed by atoms with Crippen LogP contribution in [0.25, 0.3) is 11.3 Å². The molecule has 144 valence electrons. The molecular weight excluding hydrogens is 438 g/mol. The molecule has 0 aliphatic rings. The summed E-state index contributed by atoms with van der Waals surface area (Å²) in [5.74, 6) is 0.716. The maximum absolute atomic E-state index is 12.7. The first kappa shape index (κ1) is 19.0. The van der Waals surface area contributed by atoms with Gasteiger partial charge in [0.05, 0.1) is 27.0 Å². The number of hydrogen-bond acceptors (Lipinski definition) is 6. The number of aromatic nitrogens is 7. The Morgan fingerprint density at radius 3 is 2.50 bits per heavy atom. The molecule has 0 aliphatic heterocycles. The Labute approximate surface area is 169 Å². The summed E-state index contributed by atoms with van der Waals surface area (Å²) in [6.45, 7) is 0. The second-order valence-corrected chi connectivity index (χ2v) is 7.31. The van der Waals surface area contributed by atoms with Gasteiger partial charge in [-0.05, 0) is 40.8 Å². The molecule has 0 radical (unpaired) electrons. The van der Waals surface area contributed by atoms with Crippen LogP contribution in [0.5, 0.6) is 0 Å². The standard InChI is InChI=1S/C15H8Cl2F3N7S/c16-9-5-11(17)13-22-23-14(26(13)6-9)28-7-12-21-24-25-27(12)10-3-1-8(2-4-10)15(18,19)20/h1-6H,7H2. The van der Waals surface area contributed by atoms with Gasteiger partial charge in [0.2, 0.25) is 0 Å². The highest BCUT2D eigenvalue weighted by molar-refractivity contribution is 7.98. The van der Waals surface area contributed by atoms with Crippen molar-refractivity contribution in [3.8, 4) is 5.69 Å². The first-order chi connectivity index (χ1) is 13.3. The smallest absolute Gasteiger partial charge is 0.275 e. The van der Waals surface area contributed by atoms with Crippen molar-refractivity contribution in [1.29, 1.82) is 0 Å². The molecule has 0 N–H and O–H groups in total. The molecule has 4 aromatic rings. The minimum absolute atomic E-state index is 0.291. The molecule has 0 atom stereocenters. The van der Waals surface area contributed by atoms with Gasteiger partial charge < -0.3 is 0 Å². The number of tetrazole rings is 1. The Morgan fingerprint density at radius 1 is 1.04 bits per heavy atom. The highest BCUT2D eigenvalue weighted by Gasteiger charge is 2.30. The number of alkyl halides is 3. The Hall–Kier alpha value is -2.37. The third-order valence-corrected chi connectivity index (χ3v) is 5.12. The molecule has 0 fully saturated rings. The van der Waals surface area contributed by atoms with Crippen LogP contribution in [-0.2, 0) is 11.9 Å². The molecule has 3 aromatic heterocycles. The summed E-state index contributed by atoms with van der Waals surface area (Å²) >= 11 is 13.4. The minimum atomic E-state index is -4.41. The summed E-state index contributed by atoms with van der Waals surface area (Å²) in [5.41, 5.74) is 0.116. The highest BCUT2D eigenvalue weighted by Crippen LogP contribution is 2.30. The normalized spacial score (nSPS) is 12.0. The van der Waals surface area contributed by atoms with E-state index in [1.54, 1.807) is 16.7 Å². The molecule has 3 heterocycles. The molecule has 0 unspecified atom stereocenters. The van der Waals surface area contributed by atoms with Gasteiger partial charge in [-0.25, -0.2) is 0 Å². The third kappa shape index (κ3) is 3.64. The fourth-order valence-corrected chi connectivity index (χ4v) is 3.74. The lowest BCUT2D eigenvalue weighted by molar-refractivity contribution is -0.137. The minimum Gasteiger partial charge on any atom is -0.275 e. The van der Waals surface area contributed by atoms with Gasteiger partial charge >= 0.3 is 6.18 Å². The molecular formula is C15H8Cl2F3N7S. The van der Waals surface area contributed by atoms with E-state index in [0.717, 1.165) is 12.1 Å². The van der Waals surface area contributed by atoms with Gasteiger partial charge in [0.1, 0.15) is 0 Å². The van der Waals surface area contributed by atoms with Crippen LogP contribution in [0.4, 0.5) is 13.2 Å². The summed E-state index contributed by atoms with van der Waals surface area (Å²) in [5, 5.41) is 20.8. The van der Waals surface area contributed by atoms with Crippen molar-refractivity contribution in [2.45, 2.75) is 17.1 Å². The number of fused-ring (bicyclic) bond motifs is 1. The van der Waals surface area contributed by atoms with E-state index in [2.05, 4.69) is 25.7 Å². The van der Waals surface area contributed by atoms with Crippen LogP contribution in [0.1, 0.15) is 11.4 Å². The lowest BCUT2D eigenvalue weighted by Crippen LogP contribution is -2.06. The lowest BCUT2D eigenvalue weighted by atomic mass is 10.2. The van der Waals surface area contributed by atoms with Crippen LogP contribution in [0, 0.1) is 0 Å². The van der Waals surface area contributed by atoms with Crippen LogP contribution in [0.2, 0.25) is 10.0 Å². The van der Waals surface area contributed by atoms with E-state index >= 15 is 0 Å². The molecule has 7 nitrogen and oxygen atoms in total. The molecule has 0 saturated heterocycles. The molecule has 4 rings (SSSR count). The number of hydrogen-bond donors (Lipinski definition) is 0. The molecule has 0 aliphatic carbocycles. The second kappa shape index (κ2) is 7.22. The molecule has 0 saturated carbocycles. The fourth-order valence-electron chi connectivity index (χ4n) is 2.42. The summed E-state index contributed by atoms with van der Waals surface area (Å²) in [4.78, 5) is 0.